The van der Waals surface area contributed by atoms with Crippen molar-refractivity contribution in [3.8, 4) is 5.75 Å². The topological polar surface area (TPSA) is 58.6 Å². The maximum absolute atomic E-state index is 11.2. The minimum atomic E-state index is -0.453. The zero-order valence-electron chi connectivity index (χ0n) is 10.1. The van der Waals surface area contributed by atoms with Gasteiger partial charge in [-0.15, -0.1) is 0 Å². The molecule has 0 atom stereocenters. The fourth-order valence-electron chi connectivity index (χ4n) is 1.37. The lowest BCUT2D eigenvalue weighted by molar-refractivity contribution is 0.0600. The lowest BCUT2D eigenvalue weighted by Gasteiger charge is -2.02. The number of carbonyl (C=O) groups is 1. The summed E-state index contributed by atoms with van der Waals surface area (Å²) >= 11 is 0. The van der Waals surface area contributed by atoms with Gasteiger partial charge in [-0.25, -0.2) is 4.79 Å². The Bertz CT molecular complexity index is 413. The second-order valence-corrected chi connectivity index (χ2v) is 3.56. The molecular formula is C13H17NO3. The van der Waals surface area contributed by atoms with E-state index in [0.29, 0.717) is 11.1 Å². The number of hydrogen-bond acceptors (Lipinski definition) is 4. The monoisotopic (exact) mass is 235 g/mol. The Kier molecular flexibility index (Phi) is 5.23. The second-order valence-electron chi connectivity index (χ2n) is 3.56. The zero-order valence-corrected chi connectivity index (χ0v) is 10.1. The van der Waals surface area contributed by atoms with Crippen LogP contribution in [-0.4, -0.2) is 31.8 Å². The first-order valence-corrected chi connectivity index (χ1v) is 5.41. The molecule has 1 aromatic carbocycles. The average molecular weight is 235 g/mol. The van der Waals surface area contributed by atoms with Gasteiger partial charge >= 0.3 is 5.97 Å². The van der Waals surface area contributed by atoms with Crippen LogP contribution in [0.3, 0.4) is 0 Å². The SMILES string of the molecule is CNCCC=Cc1ccc(C(=O)OC)cc1O. The van der Waals surface area contributed by atoms with Crippen molar-refractivity contribution in [2.24, 2.45) is 0 Å². The number of hydrogen-bond donors (Lipinski definition) is 2. The van der Waals surface area contributed by atoms with E-state index in [1.807, 2.05) is 19.2 Å². The van der Waals surface area contributed by atoms with E-state index in [1.165, 1.54) is 13.2 Å². The van der Waals surface area contributed by atoms with Crippen LogP contribution in [0.4, 0.5) is 0 Å². The van der Waals surface area contributed by atoms with Crippen LogP contribution in [0.25, 0.3) is 6.08 Å². The molecule has 0 fully saturated rings. The summed E-state index contributed by atoms with van der Waals surface area (Å²) in [7, 11) is 3.20. The van der Waals surface area contributed by atoms with E-state index in [-0.39, 0.29) is 5.75 Å². The molecule has 0 unspecified atom stereocenters. The summed E-state index contributed by atoms with van der Waals surface area (Å²) in [5.74, 6) is -0.375. The molecule has 1 rings (SSSR count). The fraction of sp³-hybridized carbons (Fsp3) is 0.308. The fourth-order valence-corrected chi connectivity index (χ4v) is 1.37. The van der Waals surface area contributed by atoms with Gasteiger partial charge in [-0.3, -0.25) is 0 Å². The number of nitrogens with one attached hydrogen (secondary N) is 1. The Hall–Kier alpha value is -1.81. The van der Waals surface area contributed by atoms with Crippen molar-refractivity contribution in [2.45, 2.75) is 6.42 Å². The summed E-state index contributed by atoms with van der Waals surface area (Å²) in [6, 6.07) is 4.73. The Balaban J connectivity index is 2.76. The number of phenolic OH excluding ortho intramolecular Hbond substituents is 1. The molecule has 0 aromatic heterocycles. The van der Waals surface area contributed by atoms with E-state index in [4.69, 9.17) is 0 Å². The number of benzene rings is 1. The lowest BCUT2D eigenvalue weighted by atomic mass is 10.1. The minimum absolute atomic E-state index is 0.0774. The predicted octanol–water partition coefficient (Wildman–Crippen LogP) is 1.80. The van der Waals surface area contributed by atoms with Gasteiger partial charge in [-0.2, -0.15) is 0 Å². The summed E-state index contributed by atoms with van der Waals surface area (Å²) in [6.45, 7) is 0.886. The number of esters is 1. The minimum Gasteiger partial charge on any atom is -0.507 e. The largest absolute Gasteiger partial charge is 0.507 e. The Morgan fingerprint density at radius 1 is 1.53 bits per heavy atom. The Morgan fingerprint density at radius 3 is 2.88 bits per heavy atom. The number of phenols is 1. The number of ether oxygens (including phenoxy) is 1. The number of methoxy groups -OCH3 is 1. The van der Waals surface area contributed by atoms with E-state index in [1.54, 1.807) is 12.1 Å². The molecule has 0 bridgehead atoms. The van der Waals surface area contributed by atoms with E-state index in [0.717, 1.165) is 13.0 Å². The van der Waals surface area contributed by atoms with Gasteiger partial charge in [0.05, 0.1) is 12.7 Å². The second kappa shape index (κ2) is 6.70. The summed E-state index contributed by atoms with van der Waals surface area (Å²) in [4.78, 5) is 11.2. The molecule has 0 aliphatic rings. The van der Waals surface area contributed by atoms with Gasteiger partial charge in [-0.1, -0.05) is 18.2 Å². The van der Waals surface area contributed by atoms with Crippen LogP contribution in [-0.2, 0) is 4.74 Å². The standard InChI is InChI=1S/C13H17NO3/c1-14-8-4-3-5-10-6-7-11(9-12(10)15)13(16)17-2/h3,5-7,9,14-15H,4,8H2,1-2H3. The molecule has 92 valence electrons. The van der Waals surface area contributed by atoms with Gasteiger partial charge in [0.1, 0.15) is 5.75 Å². The van der Waals surface area contributed by atoms with Crippen LogP contribution in [0.2, 0.25) is 0 Å². The predicted molar refractivity (Wildman–Crippen MR) is 67.0 cm³/mol. The number of aromatic hydroxyl groups is 1. The van der Waals surface area contributed by atoms with Crippen LogP contribution in [0.5, 0.6) is 5.75 Å². The van der Waals surface area contributed by atoms with Crippen LogP contribution in [0.1, 0.15) is 22.3 Å². The number of carbonyl (C=O) groups excluding carboxylic acids is 1. The molecule has 0 saturated carbocycles. The van der Waals surface area contributed by atoms with Crippen molar-refractivity contribution in [1.82, 2.24) is 5.32 Å². The summed E-state index contributed by atoms with van der Waals surface area (Å²) in [5, 5.41) is 12.7. The molecule has 0 radical (unpaired) electrons. The Morgan fingerprint density at radius 2 is 2.29 bits per heavy atom. The van der Waals surface area contributed by atoms with Crippen LogP contribution < -0.4 is 5.32 Å². The average Bonchev–Trinajstić information content (AvgIpc) is 2.35. The molecular weight excluding hydrogens is 218 g/mol. The van der Waals surface area contributed by atoms with Crippen molar-refractivity contribution < 1.29 is 14.6 Å². The third kappa shape index (κ3) is 3.92. The third-order valence-electron chi connectivity index (χ3n) is 2.31. The molecule has 17 heavy (non-hydrogen) atoms. The first-order chi connectivity index (χ1) is 8.19. The van der Waals surface area contributed by atoms with Gasteiger partial charge in [-0.05, 0) is 32.1 Å². The van der Waals surface area contributed by atoms with Gasteiger partial charge in [0, 0.05) is 5.56 Å². The Labute approximate surface area is 101 Å². The highest BCUT2D eigenvalue weighted by atomic mass is 16.5. The van der Waals surface area contributed by atoms with Gasteiger partial charge in [0.2, 0.25) is 0 Å². The lowest BCUT2D eigenvalue weighted by Crippen LogP contribution is -2.05. The van der Waals surface area contributed by atoms with Crippen LogP contribution >= 0.6 is 0 Å². The highest BCUT2D eigenvalue weighted by Crippen LogP contribution is 2.20. The van der Waals surface area contributed by atoms with E-state index in [9.17, 15) is 9.90 Å². The molecule has 0 saturated heterocycles. The molecule has 4 nitrogen and oxygen atoms in total. The van der Waals surface area contributed by atoms with Crippen molar-refractivity contribution in [2.75, 3.05) is 20.7 Å². The van der Waals surface area contributed by atoms with E-state index < -0.39 is 5.97 Å². The smallest absolute Gasteiger partial charge is 0.337 e. The van der Waals surface area contributed by atoms with E-state index >= 15 is 0 Å². The van der Waals surface area contributed by atoms with Crippen LogP contribution in [0, 0.1) is 0 Å². The first kappa shape index (κ1) is 13.3. The molecule has 1 aromatic rings. The molecule has 0 spiro atoms. The van der Waals surface area contributed by atoms with E-state index in [2.05, 4.69) is 10.1 Å². The maximum Gasteiger partial charge on any atom is 0.337 e. The van der Waals surface area contributed by atoms with Gasteiger partial charge in [0.25, 0.3) is 0 Å². The maximum atomic E-state index is 11.2. The highest BCUT2D eigenvalue weighted by Gasteiger charge is 2.07. The van der Waals surface area contributed by atoms with Gasteiger partial charge < -0.3 is 15.2 Å². The molecule has 0 heterocycles. The zero-order chi connectivity index (χ0) is 12.7. The van der Waals surface area contributed by atoms with Gasteiger partial charge in [0.15, 0.2) is 0 Å². The molecule has 4 heteroatoms. The molecule has 0 aliphatic heterocycles. The quantitative estimate of drug-likeness (QED) is 0.603. The molecule has 0 aliphatic carbocycles. The number of rotatable bonds is 5. The highest BCUT2D eigenvalue weighted by molar-refractivity contribution is 5.90. The third-order valence-corrected chi connectivity index (χ3v) is 2.31. The molecule has 0 amide bonds. The van der Waals surface area contributed by atoms with Crippen LogP contribution in [0.15, 0.2) is 24.3 Å². The van der Waals surface area contributed by atoms with Crippen molar-refractivity contribution >= 4 is 12.0 Å². The van der Waals surface area contributed by atoms with Crippen molar-refractivity contribution in [3.63, 3.8) is 0 Å². The normalized spacial score (nSPS) is 10.7. The van der Waals surface area contributed by atoms with Crippen molar-refractivity contribution in [3.05, 3.63) is 35.4 Å². The molecule has 2 N–H and O–H groups in total. The van der Waals surface area contributed by atoms with Crippen molar-refractivity contribution in [1.29, 1.82) is 0 Å². The summed E-state index contributed by atoms with van der Waals surface area (Å²) in [6.07, 6.45) is 4.67. The summed E-state index contributed by atoms with van der Waals surface area (Å²) < 4.78 is 4.57. The summed E-state index contributed by atoms with van der Waals surface area (Å²) in [5.41, 5.74) is 1.03. The first-order valence-electron chi connectivity index (χ1n) is 5.41.